The van der Waals surface area contributed by atoms with Gasteiger partial charge in [0.1, 0.15) is 12.1 Å². The zero-order valence-electron chi connectivity index (χ0n) is 10.7. The second-order valence-electron chi connectivity index (χ2n) is 4.89. The first-order valence-electron chi connectivity index (χ1n) is 5.48. The smallest absolute Gasteiger partial charge is 0.410 e. The largest absolute Gasteiger partial charge is 0.468 e. The zero-order valence-corrected chi connectivity index (χ0v) is 10.7. The van der Waals surface area contributed by atoms with Gasteiger partial charge in [-0.2, -0.15) is 0 Å². The lowest BCUT2D eigenvalue weighted by Crippen LogP contribution is -2.42. The van der Waals surface area contributed by atoms with E-state index >= 15 is 0 Å². The lowest BCUT2D eigenvalue weighted by Gasteiger charge is -2.26. The molecule has 1 saturated heterocycles. The van der Waals surface area contributed by atoms with Crippen molar-refractivity contribution in [1.82, 2.24) is 4.90 Å². The zero-order chi connectivity index (χ0) is 13.1. The summed E-state index contributed by atoms with van der Waals surface area (Å²) in [5.74, 6) is -0.475. The summed E-state index contributed by atoms with van der Waals surface area (Å²) in [4.78, 5) is 24.3. The van der Waals surface area contributed by atoms with Crippen LogP contribution in [0.1, 0.15) is 20.8 Å². The molecular formula is C11H19NO5. The van der Waals surface area contributed by atoms with E-state index in [4.69, 9.17) is 9.47 Å². The quantitative estimate of drug-likeness (QED) is 0.541. The number of carbonyl (C=O) groups excluding carboxylic acids is 2. The van der Waals surface area contributed by atoms with Gasteiger partial charge in [0.05, 0.1) is 26.4 Å². The van der Waals surface area contributed by atoms with Crippen molar-refractivity contribution in [2.75, 3.05) is 26.8 Å². The van der Waals surface area contributed by atoms with E-state index in [1.54, 1.807) is 20.8 Å². The van der Waals surface area contributed by atoms with Crippen molar-refractivity contribution in [3.8, 4) is 0 Å². The van der Waals surface area contributed by atoms with Gasteiger partial charge in [-0.1, -0.05) is 0 Å². The molecule has 1 aliphatic rings. The van der Waals surface area contributed by atoms with Crippen LogP contribution < -0.4 is 0 Å². The Hall–Kier alpha value is -1.30. The van der Waals surface area contributed by atoms with Gasteiger partial charge in [0.25, 0.3) is 0 Å². The SMILES string of the molecule is COC(=O)CN(CC1CO1)C(=O)OC(C)(C)C. The van der Waals surface area contributed by atoms with Crippen LogP contribution in [-0.4, -0.2) is 55.5 Å². The predicted octanol–water partition coefficient (Wildman–Crippen LogP) is 0.795. The molecule has 0 aromatic heterocycles. The maximum absolute atomic E-state index is 11.8. The van der Waals surface area contributed by atoms with E-state index in [0.29, 0.717) is 13.2 Å². The summed E-state index contributed by atoms with van der Waals surface area (Å²) in [6.45, 7) is 6.16. The lowest BCUT2D eigenvalue weighted by atomic mass is 10.2. The molecule has 0 bridgehead atoms. The van der Waals surface area contributed by atoms with Crippen molar-refractivity contribution < 1.29 is 23.8 Å². The normalized spacial score (nSPS) is 18.5. The molecule has 1 fully saturated rings. The van der Waals surface area contributed by atoms with Gasteiger partial charge >= 0.3 is 12.1 Å². The Morgan fingerprint density at radius 1 is 1.41 bits per heavy atom. The van der Waals surface area contributed by atoms with Gasteiger partial charge < -0.3 is 14.2 Å². The fourth-order valence-electron chi connectivity index (χ4n) is 1.17. The van der Waals surface area contributed by atoms with Gasteiger partial charge in [-0.3, -0.25) is 9.69 Å². The van der Waals surface area contributed by atoms with Crippen LogP contribution in [0.4, 0.5) is 4.79 Å². The summed E-state index contributed by atoms with van der Waals surface area (Å²) < 4.78 is 14.8. The Bertz CT molecular complexity index is 293. The predicted molar refractivity (Wildman–Crippen MR) is 59.6 cm³/mol. The van der Waals surface area contributed by atoms with Crippen molar-refractivity contribution in [3.63, 3.8) is 0 Å². The fourth-order valence-corrected chi connectivity index (χ4v) is 1.17. The molecule has 1 unspecified atom stereocenters. The first-order chi connectivity index (χ1) is 7.81. The van der Waals surface area contributed by atoms with Crippen LogP contribution in [0, 0.1) is 0 Å². The number of methoxy groups -OCH3 is 1. The number of rotatable bonds is 4. The van der Waals surface area contributed by atoms with Gasteiger partial charge in [0.15, 0.2) is 0 Å². The highest BCUT2D eigenvalue weighted by Crippen LogP contribution is 2.14. The van der Waals surface area contributed by atoms with E-state index in [9.17, 15) is 9.59 Å². The van der Waals surface area contributed by atoms with Crippen molar-refractivity contribution in [2.24, 2.45) is 0 Å². The van der Waals surface area contributed by atoms with Crippen molar-refractivity contribution >= 4 is 12.1 Å². The fraction of sp³-hybridized carbons (Fsp3) is 0.818. The highest BCUT2D eigenvalue weighted by molar-refractivity contribution is 5.78. The van der Waals surface area contributed by atoms with Gasteiger partial charge in [-0.25, -0.2) is 4.79 Å². The molecule has 0 saturated carbocycles. The van der Waals surface area contributed by atoms with Gasteiger partial charge in [0.2, 0.25) is 0 Å². The van der Waals surface area contributed by atoms with Crippen molar-refractivity contribution in [2.45, 2.75) is 32.5 Å². The number of carbonyl (C=O) groups is 2. The van der Waals surface area contributed by atoms with Crippen LogP contribution in [0.5, 0.6) is 0 Å². The standard InChI is InChI=1S/C11H19NO5/c1-11(2,3)17-10(14)12(5-8-7-16-8)6-9(13)15-4/h8H,5-7H2,1-4H3. The summed E-state index contributed by atoms with van der Waals surface area (Å²) in [5.41, 5.74) is -0.587. The summed E-state index contributed by atoms with van der Waals surface area (Å²) in [5, 5.41) is 0. The lowest BCUT2D eigenvalue weighted by molar-refractivity contribution is -0.141. The Balaban J connectivity index is 2.54. The minimum absolute atomic E-state index is 0.00664. The second kappa shape index (κ2) is 5.35. The summed E-state index contributed by atoms with van der Waals surface area (Å²) >= 11 is 0. The van der Waals surface area contributed by atoms with Crippen LogP contribution in [0.3, 0.4) is 0 Å². The minimum Gasteiger partial charge on any atom is -0.468 e. The maximum Gasteiger partial charge on any atom is 0.410 e. The van der Waals surface area contributed by atoms with Gasteiger partial charge in [-0.05, 0) is 20.8 Å². The summed E-state index contributed by atoms with van der Waals surface area (Å²) in [7, 11) is 1.28. The Morgan fingerprint density at radius 3 is 2.41 bits per heavy atom. The molecule has 1 amide bonds. The first-order valence-corrected chi connectivity index (χ1v) is 5.48. The van der Waals surface area contributed by atoms with Crippen LogP contribution in [0.15, 0.2) is 0 Å². The van der Waals surface area contributed by atoms with E-state index in [-0.39, 0.29) is 12.6 Å². The monoisotopic (exact) mass is 245 g/mol. The highest BCUT2D eigenvalue weighted by Gasteiger charge is 2.31. The molecule has 0 aromatic carbocycles. The average Bonchev–Trinajstić information content (AvgIpc) is 2.97. The number of esters is 1. The molecule has 0 spiro atoms. The molecule has 1 heterocycles. The van der Waals surface area contributed by atoms with Crippen LogP contribution in [0.25, 0.3) is 0 Å². The van der Waals surface area contributed by atoms with Crippen LogP contribution >= 0.6 is 0 Å². The molecule has 6 heteroatoms. The number of hydrogen-bond acceptors (Lipinski definition) is 5. The van der Waals surface area contributed by atoms with Crippen molar-refractivity contribution in [3.05, 3.63) is 0 Å². The summed E-state index contributed by atoms with van der Waals surface area (Å²) in [6.07, 6.45) is -0.523. The molecule has 6 nitrogen and oxygen atoms in total. The topological polar surface area (TPSA) is 68.4 Å². The van der Waals surface area contributed by atoms with E-state index < -0.39 is 17.7 Å². The maximum atomic E-state index is 11.8. The number of nitrogens with zero attached hydrogens (tertiary/aromatic N) is 1. The molecule has 1 atom stereocenters. The Kier molecular flexibility index (Phi) is 4.34. The first kappa shape index (κ1) is 13.8. The molecule has 1 aliphatic heterocycles. The number of epoxide rings is 1. The van der Waals surface area contributed by atoms with E-state index in [2.05, 4.69) is 4.74 Å². The Morgan fingerprint density at radius 2 is 2.00 bits per heavy atom. The van der Waals surface area contributed by atoms with Gasteiger partial charge in [-0.15, -0.1) is 0 Å². The van der Waals surface area contributed by atoms with Crippen molar-refractivity contribution in [1.29, 1.82) is 0 Å². The van der Waals surface area contributed by atoms with Crippen LogP contribution in [-0.2, 0) is 19.0 Å². The average molecular weight is 245 g/mol. The van der Waals surface area contributed by atoms with Crippen LogP contribution in [0.2, 0.25) is 0 Å². The number of ether oxygens (including phenoxy) is 3. The molecule has 0 radical (unpaired) electrons. The molecule has 0 aliphatic carbocycles. The van der Waals surface area contributed by atoms with E-state index in [1.165, 1.54) is 12.0 Å². The minimum atomic E-state index is -0.587. The number of amides is 1. The second-order valence-corrected chi connectivity index (χ2v) is 4.89. The van der Waals surface area contributed by atoms with E-state index in [1.807, 2.05) is 0 Å². The number of hydrogen-bond donors (Lipinski definition) is 0. The molecule has 1 rings (SSSR count). The molecule has 0 N–H and O–H groups in total. The molecular weight excluding hydrogens is 226 g/mol. The molecule has 17 heavy (non-hydrogen) atoms. The Labute approximate surface area is 101 Å². The highest BCUT2D eigenvalue weighted by atomic mass is 16.6. The van der Waals surface area contributed by atoms with E-state index in [0.717, 1.165) is 0 Å². The summed E-state index contributed by atoms with van der Waals surface area (Å²) in [6, 6.07) is 0. The third kappa shape index (κ3) is 5.53. The third-order valence-corrected chi connectivity index (χ3v) is 2.03. The molecule has 98 valence electrons. The van der Waals surface area contributed by atoms with Gasteiger partial charge in [0, 0.05) is 0 Å². The molecule has 0 aromatic rings. The third-order valence-electron chi connectivity index (χ3n) is 2.03.